The van der Waals surface area contributed by atoms with Crippen molar-refractivity contribution < 1.29 is 22.5 Å². The predicted octanol–water partition coefficient (Wildman–Crippen LogP) is 0.387. The van der Waals surface area contributed by atoms with Crippen molar-refractivity contribution in [3.8, 4) is 0 Å². The first kappa shape index (κ1) is 12.9. The predicted molar refractivity (Wildman–Crippen MR) is 58.5 cm³/mol. The standard InChI is InChI=1S/C7H7FN2O4S2/c8-5-1-2-6(9-3-5)10-7(11)4-15-16(12,13)14/h1-3H,4H2,(H2-,9,10,11,12,13,14)/p+1. The van der Waals surface area contributed by atoms with Gasteiger partial charge in [-0.15, -0.1) is 0 Å². The summed E-state index contributed by atoms with van der Waals surface area (Å²) in [7, 11) is -3.80. The second kappa shape index (κ2) is 5.25. The quantitative estimate of drug-likeness (QED) is 0.688. The molecule has 0 aliphatic rings. The van der Waals surface area contributed by atoms with Crippen LogP contribution in [-0.4, -0.2) is 30.0 Å². The summed E-state index contributed by atoms with van der Waals surface area (Å²) in [6.07, 6.45) is 0.921. The first-order chi connectivity index (χ1) is 7.37. The molecule has 3 N–H and O–H groups in total. The molecular formula is C7H8FN2O4S2+. The Labute approximate surface area is 94.2 Å². The Morgan fingerprint density at radius 3 is 2.75 bits per heavy atom. The van der Waals surface area contributed by atoms with Gasteiger partial charge in [0.2, 0.25) is 0 Å². The molecule has 6 nitrogen and oxygen atoms in total. The first-order valence-corrected chi connectivity index (χ1v) is 6.89. The van der Waals surface area contributed by atoms with Crippen molar-refractivity contribution in [2.75, 3.05) is 11.1 Å². The minimum Gasteiger partial charge on any atom is -0.306 e. The van der Waals surface area contributed by atoms with Crippen LogP contribution in [0.4, 0.5) is 10.2 Å². The molecular weight excluding hydrogens is 259 g/mol. The summed E-state index contributed by atoms with van der Waals surface area (Å²) >= 11 is 0. The third-order valence-electron chi connectivity index (χ3n) is 1.34. The van der Waals surface area contributed by atoms with E-state index in [4.69, 9.17) is 9.11 Å². The molecule has 0 saturated heterocycles. The number of nitrogens with zero attached hydrogens (tertiary/aromatic N) is 1. The summed E-state index contributed by atoms with van der Waals surface area (Å²) in [6, 6.07) is 2.35. The van der Waals surface area contributed by atoms with Gasteiger partial charge >= 0.3 is 19.4 Å². The zero-order valence-electron chi connectivity index (χ0n) is 7.79. The summed E-state index contributed by atoms with van der Waals surface area (Å²) in [4.78, 5) is 14.7. The largest absolute Gasteiger partial charge is 0.430 e. The fourth-order valence-electron chi connectivity index (χ4n) is 0.759. The Kier molecular flexibility index (Phi) is 4.24. The highest BCUT2D eigenvalue weighted by molar-refractivity contribution is 8.34. The lowest BCUT2D eigenvalue weighted by Gasteiger charge is -1.98. The lowest BCUT2D eigenvalue weighted by Crippen LogP contribution is -2.17. The van der Waals surface area contributed by atoms with Gasteiger partial charge in [0.1, 0.15) is 11.6 Å². The van der Waals surface area contributed by atoms with Crippen molar-refractivity contribution in [3.63, 3.8) is 0 Å². The van der Waals surface area contributed by atoms with Gasteiger partial charge < -0.3 is 5.32 Å². The molecule has 0 atom stereocenters. The zero-order valence-corrected chi connectivity index (χ0v) is 9.42. The van der Waals surface area contributed by atoms with Gasteiger partial charge in [-0.25, -0.2) is 9.37 Å². The Morgan fingerprint density at radius 1 is 1.56 bits per heavy atom. The Balaban J connectivity index is 2.59. The van der Waals surface area contributed by atoms with Crippen LogP contribution in [0.25, 0.3) is 0 Å². The summed E-state index contributed by atoms with van der Waals surface area (Å²) in [6.45, 7) is 0. The normalized spacial score (nSPS) is 10.9. The highest BCUT2D eigenvalue weighted by Crippen LogP contribution is 2.02. The number of hydrogen-bond acceptors (Lipinski definition) is 3. The molecule has 0 fully saturated rings. The number of halogens is 1. The Bertz CT molecular complexity index is 488. The molecule has 0 spiro atoms. The molecule has 0 aliphatic carbocycles. The summed E-state index contributed by atoms with van der Waals surface area (Å²) in [5.41, 5.74) is 0. The zero-order chi connectivity index (χ0) is 12.2. The van der Waals surface area contributed by atoms with E-state index in [1.807, 2.05) is 0 Å². The lowest BCUT2D eigenvalue weighted by atomic mass is 10.4. The molecule has 88 valence electrons. The van der Waals surface area contributed by atoms with E-state index < -0.39 is 26.5 Å². The van der Waals surface area contributed by atoms with Gasteiger partial charge in [0.25, 0.3) is 11.7 Å². The van der Waals surface area contributed by atoms with Crippen LogP contribution in [0.1, 0.15) is 0 Å². The van der Waals surface area contributed by atoms with Gasteiger partial charge in [-0.05, 0) is 12.1 Å². The first-order valence-electron chi connectivity index (χ1n) is 3.91. The highest BCUT2D eigenvalue weighted by Gasteiger charge is 2.15. The fourth-order valence-corrected chi connectivity index (χ4v) is 1.87. The highest BCUT2D eigenvalue weighted by atomic mass is 32.9. The number of hydrogen-bond donors (Lipinski definition) is 3. The molecule has 16 heavy (non-hydrogen) atoms. The van der Waals surface area contributed by atoms with Crippen LogP contribution in [0.3, 0.4) is 0 Å². The van der Waals surface area contributed by atoms with Crippen LogP contribution in [0.2, 0.25) is 0 Å². The molecule has 0 unspecified atom stereocenters. The number of carbonyl (C=O) groups excluding carboxylic acids is 1. The van der Waals surface area contributed by atoms with E-state index in [-0.39, 0.29) is 16.1 Å². The van der Waals surface area contributed by atoms with E-state index in [1.165, 1.54) is 6.07 Å². The summed E-state index contributed by atoms with van der Waals surface area (Å²) in [5.74, 6) is -1.46. The maximum Gasteiger partial charge on any atom is 0.430 e. The molecule has 0 saturated carbocycles. The van der Waals surface area contributed by atoms with E-state index in [2.05, 4.69) is 10.3 Å². The number of amides is 1. The number of nitrogens with one attached hydrogen (secondary N) is 1. The summed E-state index contributed by atoms with van der Waals surface area (Å²) in [5, 5.41) is 2.26. The molecule has 0 aliphatic heterocycles. The molecule has 9 heteroatoms. The van der Waals surface area contributed by atoms with Crippen molar-refractivity contribution in [2.45, 2.75) is 0 Å². The van der Waals surface area contributed by atoms with Gasteiger partial charge in [-0.2, -0.15) is 4.21 Å². The fraction of sp³-hybridized carbons (Fsp3) is 0.143. The number of pyridine rings is 1. The second-order valence-electron chi connectivity index (χ2n) is 2.62. The van der Waals surface area contributed by atoms with Gasteiger partial charge in [-0.1, -0.05) is 0 Å². The number of rotatable bonds is 3. The molecule has 1 aromatic rings. The van der Waals surface area contributed by atoms with Crippen molar-refractivity contribution in [3.05, 3.63) is 24.1 Å². The lowest BCUT2D eigenvalue weighted by molar-refractivity contribution is -0.113. The number of aromatic nitrogens is 1. The average molecular weight is 267 g/mol. The summed E-state index contributed by atoms with van der Waals surface area (Å²) < 4.78 is 39.8. The molecule has 1 rings (SSSR count). The van der Waals surface area contributed by atoms with Crippen LogP contribution in [0.5, 0.6) is 0 Å². The van der Waals surface area contributed by atoms with E-state index >= 15 is 0 Å². The van der Waals surface area contributed by atoms with Crippen molar-refractivity contribution in [1.29, 1.82) is 0 Å². The number of carbonyl (C=O) groups is 1. The SMILES string of the molecule is O=C(C[S+]=S(=O)(O)O)Nc1ccc(F)cn1. The van der Waals surface area contributed by atoms with Crippen LogP contribution in [0, 0.1) is 5.82 Å². The molecule has 0 radical (unpaired) electrons. The van der Waals surface area contributed by atoms with Gasteiger partial charge in [0, 0.05) is 0 Å². The molecule has 1 heterocycles. The smallest absolute Gasteiger partial charge is 0.306 e. The Morgan fingerprint density at radius 2 is 2.25 bits per heavy atom. The van der Waals surface area contributed by atoms with Gasteiger partial charge in [0.05, 0.1) is 6.20 Å². The van der Waals surface area contributed by atoms with Crippen molar-refractivity contribution >= 4 is 31.1 Å². The minimum atomic E-state index is -3.99. The second-order valence-corrected chi connectivity index (χ2v) is 6.05. The van der Waals surface area contributed by atoms with E-state index in [0.717, 1.165) is 12.3 Å². The third kappa shape index (κ3) is 5.07. The molecule has 0 aromatic carbocycles. The van der Waals surface area contributed by atoms with E-state index in [9.17, 15) is 13.4 Å². The van der Waals surface area contributed by atoms with E-state index in [1.54, 1.807) is 0 Å². The average Bonchev–Trinajstić information content (AvgIpc) is 2.18. The molecule has 1 amide bonds. The van der Waals surface area contributed by atoms with E-state index in [0.29, 0.717) is 0 Å². The minimum absolute atomic E-state index is 0.120. The molecule has 1 aromatic heterocycles. The van der Waals surface area contributed by atoms with Crippen LogP contribution >= 0.6 is 0 Å². The Hall–Kier alpha value is -1.16. The van der Waals surface area contributed by atoms with Crippen LogP contribution < -0.4 is 5.32 Å². The number of anilines is 1. The third-order valence-corrected chi connectivity index (χ3v) is 3.30. The van der Waals surface area contributed by atoms with Crippen LogP contribution in [0.15, 0.2) is 18.3 Å². The maximum atomic E-state index is 12.4. The maximum absolute atomic E-state index is 12.4. The van der Waals surface area contributed by atoms with Crippen LogP contribution in [-0.2, 0) is 24.2 Å². The van der Waals surface area contributed by atoms with Crippen molar-refractivity contribution in [2.24, 2.45) is 0 Å². The van der Waals surface area contributed by atoms with Gasteiger partial charge in [0.15, 0.2) is 0 Å². The van der Waals surface area contributed by atoms with Crippen molar-refractivity contribution in [1.82, 2.24) is 4.98 Å². The molecule has 0 bridgehead atoms. The monoisotopic (exact) mass is 267 g/mol. The van der Waals surface area contributed by atoms with Gasteiger partial charge in [-0.3, -0.25) is 13.9 Å². The topological polar surface area (TPSA) is 99.5 Å².